The number of amides is 1. The Balaban J connectivity index is 1.76. The molecule has 0 unspecified atom stereocenters. The van der Waals surface area contributed by atoms with E-state index in [1.165, 1.54) is 49.7 Å². The van der Waals surface area contributed by atoms with E-state index in [0.717, 1.165) is 14.7 Å². The maximum absolute atomic E-state index is 13.7. The minimum atomic E-state index is -3.80. The standard InChI is InChI=1S/C20H19ClFN3O3S2/c1-12-4-5-13(9-17(12)22)8-15-11-23-20(29-15)24-19(26)14-6-7-16(21)18(10-14)30(27,28)25(2)3/h4-7,9-11H,8H2,1-3H3,(H,23,24,26). The van der Waals surface area contributed by atoms with E-state index in [9.17, 15) is 17.6 Å². The second-order valence-corrected chi connectivity index (χ2v) is 10.4. The Labute approximate surface area is 183 Å². The van der Waals surface area contributed by atoms with Gasteiger partial charge in [-0.2, -0.15) is 0 Å². The predicted molar refractivity (Wildman–Crippen MR) is 116 cm³/mol. The van der Waals surface area contributed by atoms with Crippen LogP contribution in [0.4, 0.5) is 9.52 Å². The van der Waals surface area contributed by atoms with Crippen LogP contribution in [0.1, 0.15) is 26.4 Å². The number of carbonyl (C=O) groups is 1. The number of nitrogens with one attached hydrogen (secondary N) is 1. The van der Waals surface area contributed by atoms with Crippen molar-refractivity contribution in [2.24, 2.45) is 0 Å². The molecule has 30 heavy (non-hydrogen) atoms. The predicted octanol–water partition coefficient (Wildman–Crippen LogP) is 4.34. The summed E-state index contributed by atoms with van der Waals surface area (Å²) in [4.78, 5) is 17.5. The van der Waals surface area contributed by atoms with Crippen molar-refractivity contribution in [2.45, 2.75) is 18.2 Å². The summed E-state index contributed by atoms with van der Waals surface area (Å²) < 4.78 is 39.5. The number of carbonyl (C=O) groups excluding carboxylic acids is 1. The highest BCUT2D eigenvalue weighted by atomic mass is 35.5. The molecule has 10 heteroatoms. The molecule has 1 N–H and O–H groups in total. The van der Waals surface area contributed by atoms with E-state index >= 15 is 0 Å². The number of aryl methyl sites for hydroxylation is 1. The topological polar surface area (TPSA) is 79.4 Å². The van der Waals surface area contributed by atoms with E-state index in [4.69, 9.17) is 11.6 Å². The molecule has 6 nitrogen and oxygen atoms in total. The third-order valence-electron chi connectivity index (χ3n) is 4.34. The fourth-order valence-corrected chi connectivity index (χ4v) is 4.84. The van der Waals surface area contributed by atoms with Gasteiger partial charge in [0.25, 0.3) is 5.91 Å². The van der Waals surface area contributed by atoms with E-state index in [0.29, 0.717) is 17.1 Å². The highest BCUT2D eigenvalue weighted by Crippen LogP contribution is 2.26. The SMILES string of the molecule is Cc1ccc(Cc2cnc(NC(=O)c3ccc(Cl)c(S(=O)(=O)N(C)C)c3)s2)cc1F. The number of anilines is 1. The van der Waals surface area contributed by atoms with E-state index in [1.54, 1.807) is 19.2 Å². The van der Waals surface area contributed by atoms with Crippen LogP contribution in [0.25, 0.3) is 0 Å². The lowest BCUT2D eigenvalue weighted by Crippen LogP contribution is -2.23. The number of thiazole rings is 1. The first-order valence-electron chi connectivity index (χ1n) is 8.81. The van der Waals surface area contributed by atoms with Gasteiger partial charge >= 0.3 is 0 Å². The number of hydrogen-bond acceptors (Lipinski definition) is 5. The van der Waals surface area contributed by atoms with Crippen LogP contribution in [-0.2, 0) is 16.4 Å². The fourth-order valence-electron chi connectivity index (χ4n) is 2.60. The molecule has 0 aliphatic carbocycles. The molecule has 0 saturated carbocycles. The average molecular weight is 468 g/mol. The summed E-state index contributed by atoms with van der Waals surface area (Å²) in [5, 5.41) is 3.04. The van der Waals surface area contributed by atoms with Crippen molar-refractivity contribution in [1.82, 2.24) is 9.29 Å². The molecule has 0 saturated heterocycles. The lowest BCUT2D eigenvalue weighted by atomic mass is 10.1. The molecule has 0 radical (unpaired) electrons. The van der Waals surface area contributed by atoms with Crippen LogP contribution in [0.5, 0.6) is 0 Å². The average Bonchev–Trinajstić information content (AvgIpc) is 3.11. The van der Waals surface area contributed by atoms with E-state index in [2.05, 4.69) is 10.3 Å². The molecule has 0 fully saturated rings. The molecule has 3 rings (SSSR count). The van der Waals surface area contributed by atoms with Gasteiger partial charge in [0.1, 0.15) is 10.7 Å². The second kappa shape index (κ2) is 8.81. The summed E-state index contributed by atoms with van der Waals surface area (Å²) in [6.45, 7) is 1.70. The summed E-state index contributed by atoms with van der Waals surface area (Å²) in [6.07, 6.45) is 2.10. The smallest absolute Gasteiger partial charge is 0.257 e. The van der Waals surface area contributed by atoms with Crippen molar-refractivity contribution in [3.05, 3.63) is 75.0 Å². The lowest BCUT2D eigenvalue weighted by Gasteiger charge is -2.13. The van der Waals surface area contributed by atoms with Crippen molar-refractivity contribution in [2.75, 3.05) is 19.4 Å². The minimum Gasteiger partial charge on any atom is -0.298 e. The summed E-state index contributed by atoms with van der Waals surface area (Å²) in [6, 6.07) is 9.08. The number of aromatic nitrogens is 1. The van der Waals surface area contributed by atoms with Gasteiger partial charge in [0.2, 0.25) is 10.0 Å². The lowest BCUT2D eigenvalue weighted by molar-refractivity contribution is 0.102. The van der Waals surface area contributed by atoms with Crippen molar-refractivity contribution < 1.29 is 17.6 Å². The monoisotopic (exact) mass is 467 g/mol. The normalized spacial score (nSPS) is 11.7. The molecule has 0 aliphatic heterocycles. The highest BCUT2D eigenvalue weighted by Gasteiger charge is 2.22. The largest absolute Gasteiger partial charge is 0.298 e. The first-order valence-corrected chi connectivity index (χ1v) is 11.4. The van der Waals surface area contributed by atoms with Gasteiger partial charge in [-0.15, -0.1) is 11.3 Å². The Morgan fingerprint density at radius 1 is 1.23 bits per heavy atom. The molecule has 1 aromatic heterocycles. The van der Waals surface area contributed by atoms with Crippen LogP contribution in [0.2, 0.25) is 5.02 Å². The van der Waals surface area contributed by atoms with Crippen molar-refractivity contribution in [3.8, 4) is 0 Å². The van der Waals surface area contributed by atoms with Crippen LogP contribution >= 0.6 is 22.9 Å². The van der Waals surface area contributed by atoms with Crippen LogP contribution in [0.3, 0.4) is 0 Å². The molecule has 158 valence electrons. The van der Waals surface area contributed by atoms with Gasteiger partial charge in [-0.1, -0.05) is 23.7 Å². The Hall–Kier alpha value is -2.33. The number of rotatable bonds is 6. The van der Waals surface area contributed by atoms with Crippen LogP contribution in [-0.4, -0.2) is 37.7 Å². The summed E-state index contributed by atoms with van der Waals surface area (Å²) in [5.41, 5.74) is 1.52. The van der Waals surface area contributed by atoms with Crippen molar-refractivity contribution in [3.63, 3.8) is 0 Å². The first kappa shape index (κ1) is 22.4. The number of nitrogens with zero attached hydrogens (tertiary/aromatic N) is 2. The number of halogens is 2. The molecule has 1 heterocycles. The Bertz CT molecular complexity index is 1210. The summed E-state index contributed by atoms with van der Waals surface area (Å²) >= 11 is 7.28. The van der Waals surface area contributed by atoms with Crippen molar-refractivity contribution in [1.29, 1.82) is 0 Å². The number of hydrogen-bond donors (Lipinski definition) is 1. The number of sulfonamides is 1. The van der Waals surface area contributed by atoms with Crippen LogP contribution in [0.15, 0.2) is 47.5 Å². The molecule has 1 amide bonds. The first-order chi connectivity index (χ1) is 14.1. The van der Waals surface area contributed by atoms with E-state index in [1.807, 2.05) is 6.07 Å². The molecule has 0 bridgehead atoms. The Kier molecular flexibility index (Phi) is 6.56. The molecule has 0 atom stereocenters. The molecule has 0 spiro atoms. The van der Waals surface area contributed by atoms with Crippen molar-refractivity contribution >= 4 is 44.0 Å². The molecule has 3 aromatic rings. The highest BCUT2D eigenvalue weighted by molar-refractivity contribution is 7.89. The zero-order chi connectivity index (χ0) is 22.1. The number of benzene rings is 2. The second-order valence-electron chi connectivity index (χ2n) is 6.78. The molecule has 0 aliphatic rings. The molecular weight excluding hydrogens is 449 g/mol. The fraction of sp³-hybridized carbons (Fsp3) is 0.200. The van der Waals surface area contributed by atoms with Gasteiger partial charge < -0.3 is 0 Å². The van der Waals surface area contributed by atoms with Gasteiger partial charge in [0, 0.05) is 37.2 Å². The summed E-state index contributed by atoms with van der Waals surface area (Å²) in [7, 11) is -1.03. The van der Waals surface area contributed by atoms with Gasteiger partial charge in [-0.05, 0) is 42.3 Å². The van der Waals surface area contributed by atoms with Crippen LogP contribution in [0, 0.1) is 12.7 Å². The maximum atomic E-state index is 13.7. The third-order valence-corrected chi connectivity index (χ3v) is 7.55. The summed E-state index contributed by atoms with van der Waals surface area (Å²) in [5.74, 6) is -0.777. The quantitative estimate of drug-likeness (QED) is 0.585. The Morgan fingerprint density at radius 3 is 2.63 bits per heavy atom. The minimum absolute atomic E-state index is 0.0297. The molecular formula is C20H19ClFN3O3S2. The maximum Gasteiger partial charge on any atom is 0.257 e. The van der Waals surface area contributed by atoms with Crippen LogP contribution < -0.4 is 5.32 Å². The van der Waals surface area contributed by atoms with Gasteiger partial charge in [-0.25, -0.2) is 22.1 Å². The molecule has 2 aromatic carbocycles. The van der Waals surface area contributed by atoms with E-state index in [-0.39, 0.29) is 21.3 Å². The third kappa shape index (κ3) is 4.86. The van der Waals surface area contributed by atoms with Gasteiger partial charge in [0.15, 0.2) is 5.13 Å². The zero-order valence-electron chi connectivity index (χ0n) is 16.4. The van der Waals surface area contributed by atoms with Gasteiger partial charge in [0.05, 0.1) is 5.02 Å². The van der Waals surface area contributed by atoms with E-state index < -0.39 is 15.9 Å². The zero-order valence-corrected chi connectivity index (χ0v) is 18.8. The van der Waals surface area contributed by atoms with Gasteiger partial charge in [-0.3, -0.25) is 10.1 Å². The Morgan fingerprint density at radius 2 is 1.97 bits per heavy atom.